The van der Waals surface area contributed by atoms with E-state index in [9.17, 15) is 0 Å². The fraction of sp³-hybridized carbons (Fsp3) is 0.273. The van der Waals surface area contributed by atoms with Crippen LogP contribution in [-0.4, -0.2) is 22.1 Å². The van der Waals surface area contributed by atoms with Gasteiger partial charge in [-0.05, 0) is 26.0 Å². The van der Waals surface area contributed by atoms with Crippen LogP contribution in [0.4, 0.5) is 0 Å². The number of imidazole rings is 1. The fourth-order valence-corrected chi connectivity index (χ4v) is 1.46. The Labute approximate surface area is 83.1 Å². The second kappa shape index (κ2) is 3.25. The Morgan fingerprint density at radius 1 is 1.50 bits per heavy atom. The predicted octanol–water partition coefficient (Wildman–Crippen LogP) is 2.08. The van der Waals surface area contributed by atoms with E-state index in [4.69, 9.17) is 0 Å². The van der Waals surface area contributed by atoms with Gasteiger partial charge < -0.3 is 4.40 Å². The highest BCUT2D eigenvalue weighted by Gasteiger charge is 2.01. The highest BCUT2D eigenvalue weighted by Crippen LogP contribution is 2.09. The highest BCUT2D eigenvalue weighted by atomic mass is 15.0. The van der Waals surface area contributed by atoms with Crippen molar-refractivity contribution >= 4 is 11.4 Å². The lowest BCUT2D eigenvalue weighted by atomic mass is 10.2. The van der Waals surface area contributed by atoms with E-state index in [0.29, 0.717) is 0 Å². The Morgan fingerprint density at radius 3 is 3.00 bits per heavy atom. The molecule has 0 spiro atoms. The highest BCUT2D eigenvalue weighted by molar-refractivity contribution is 5.99. The van der Waals surface area contributed by atoms with Crippen LogP contribution in [0.15, 0.2) is 29.5 Å². The lowest BCUT2D eigenvalue weighted by Gasteiger charge is -2.01. The molecule has 0 N–H and O–H groups in total. The van der Waals surface area contributed by atoms with Crippen LogP contribution in [0.3, 0.4) is 0 Å². The van der Waals surface area contributed by atoms with Crippen LogP contribution in [0.2, 0.25) is 0 Å². The van der Waals surface area contributed by atoms with Crippen molar-refractivity contribution in [2.45, 2.75) is 13.8 Å². The Hall–Kier alpha value is -1.64. The van der Waals surface area contributed by atoms with E-state index >= 15 is 0 Å². The van der Waals surface area contributed by atoms with E-state index in [2.05, 4.69) is 26.5 Å². The quantitative estimate of drug-likeness (QED) is 0.628. The van der Waals surface area contributed by atoms with Crippen molar-refractivity contribution in [1.29, 1.82) is 0 Å². The summed E-state index contributed by atoms with van der Waals surface area (Å²) in [5.41, 5.74) is 4.29. The van der Waals surface area contributed by atoms with Crippen molar-refractivity contribution in [3.63, 3.8) is 0 Å². The molecule has 0 atom stereocenters. The first-order valence-electron chi connectivity index (χ1n) is 4.60. The molecule has 0 aromatic carbocycles. The molecule has 2 aromatic rings. The Kier molecular flexibility index (Phi) is 2.08. The van der Waals surface area contributed by atoms with Gasteiger partial charge in [-0.2, -0.15) is 0 Å². The van der Waals surface area contributed by atoms with E-state index < -0.39 is 0 Å². The van der Waals surface area contributed by atoms with Crippen LogP contribution >= 0.6 is 0 Å². The van der Waals surface area contributed by atoms with Crippen LogP contribution in [0.25, 0.3) is 5.65 Å². The van der Waals surface area contributed by atoms with Crippen LogP contribution in [-0.2, 0) is 0 Å². The molecule has 2 rings (SSSR count). The third kappa shape index (κ3) is 1.31. The summed E-state index contributed by atoms with van der Waals surface area (Å²) in [6, 6.07) is 4.11. The maximum atomic E-state index is 4.30. The van der Waals surface area contributed by atoms with Gasteiger partial charge in [0, 0.05) is 36.4 Å². The van der Waals surface area contributed by atoms with Gasteiger partial charge in [0.25, 0.3) is 0 Å². The average Bonchev–Trinajstić information content (AvgIpc) is 2.59. The van der Waals surface area contributed by atoms with Gasteiger partial charge in [-0.15, -0.1) is 0 Å². The van der Waals surface area contributed by atoms with Crippen molar-refractivity contribution in [3.05, 3.63) is 35.8 Å². The summed E-state index contributed by atoms with van der Waals surface area (Å²) in [4.78, 5) is 8.46. The molecule has 0 saturated carbocycles. The number of rotatable bonds is 1. The van der Waals surface area contributed by atoms with Gasteiger partial charge in [0.15, 0.2) is 0 Å². The van der Waals surface area contributed by atoms with E-state index in [1.807, 2.05) is 26.2 Å². The molecule has 0 aliphatic rings. The minimum atomic E-state index is 0.975. The van der Waals surface area contributed by atoms with E-state index in [1.54, 1.807) is 7.05 Å². The summed E-state index contributed by atoms with van der Waals surface area (Å²) in [6.45, 7) is 4.04. The van der Waals surface area contributed by atoms with Gasteiger partial charge >= 0.3 is 0 Å². The predicted molar refractivity (Wildman–Crippen MR) is 58.1 cm³/mol. The molecule has 0 amide bonds. The smallest absolute Gasteiger partial charge is 0.137 e. The molecular weight excluding hydrogens is 174 g/mol. The van der Waals surface area contributed by atoms with Crippen LogP contribution in [0, 0.1) is 6.92 Å². The van der Waals surface area contributed by atoms with Gasteiger partial charge in [-0.1, -0.05) is 0 Å². The van der Waals surface area contributed by atoms with Gasteiger partial charge in [0.05, 0.1) is 0 Å². The van der Waals surface area contributed by atoms with Crippen LogP contribution in [0.1, 0.15) is 18.2 Å². The largest absolute Gasteiger partial charge is 0.304 e. The molecule has 0 aliphatic carbocycles. The molecule has 0 aliphatic heterocycles. The van der Waals surface area contributed by atoms with E-state index in [0.717, 1.165) is 22.6 Å². The van der Waals surface area contributed by atoms with Gasteiger partial charge in [-0.25, -0.2) is 4.98 Å². The minimum Gasteiger partial charge on any atom is -0.304 e. The topological polar surface area (TPSA) is 29.7 Å². The lowest BCUT2D eigenvalue weighted by Crippen LogP contribution is -1.96. The number of pyridine rings is 1. The molecule has 2 heterocycles. The van der Waals surface area contributed by atoms with Gasteiger partial charge in [0.2, 0.25) is 0 Å². The standard InChI is InChI=1S/C11H13N3/c1-8-7-13-11-6-10(9(2)12-3)4-5-14(8)11/h4-7H,1-3H3. The summed E-state index contributed by atoms with van der Waals surface area (Å²) in [6.07, 6.45) is 3.90. The molecule has 2 aromatic heterocycles. The first-order chi connectivity index (χ1) is 6.72. The Bertz CT molecular complexity index is 494. The molecule has 3 heteroatoms. The third-order valence-corrected chi connectivity index (χ3v) is 2.45. The first-order valence-corrected chi connectivity index (χ1v) is 4.60. The van der Waals surface area contributed by atoms with E-state index in [1.165, 1.54) is 0 Å². The fourth-order valence-electron chi connectivity index (χ4n) is 1.46. The van der Waals surface area contributed by atoms with Crippen molar-refractivity contribution in [1.82, 2.24) is 9.38 Å². The van der Waals surface area contributed by atoms with Gasteiger partial charge in [-0.3, -0.25) is 4.99 Å². The SMILES string of the molecule is CN=C(C)c1ccn2c(C)cnc2c1. The number of aryl methyl sites for hydroxylation is 1. The van der Waals surface area contributed by atoms with Crippen LogP contribution in [0.5, 0.6) is 0 Å². The zero-order valence-electron chi connectivity index (χ0n) is 8.65. The molecular formula is C11H13N3. The number of fused-ring (bicyclic) bond motifs is 1. The number of aromatic nitrogens is 2. The second-order valence-electron chi connectivity index (χ2n) is 3.35. The summed E-state index contributed by atoms with van der Waals surface area (Å²) in [5.74, 6) is 0. The summed E-state index contributed by atoms with van der Waals surface area (Å²) in [5, 5.41) is 0. The lowest BCUT2D eigenvalue weighted by molar-refractivity contribution is 1.11. The number of hydrogen-bond acceptors (Lipinski definition) is 2. The van der Waals surface area contributed by atoms with E-state index in [-0.39, 0.29) is 0 Å². The van der Waals surface area contributed by atoms with Crippen molar-refractivity contribution in [3.8, 4) is 0 Å². The minimum absolute atomic E-state index is 0.975. The first kappa shape index (κ1) is 8.94. The molecule has 14 heavy (non-hydrogen) atoms. The number of nitrogens with zero attached hydrogens (tertiary/aromatic N) is 3. The summed E-state index contributed by atoms with van der Waals surface area (Å²) in [7, 11) is 1.80. The van der Waals surface area contributed by atoms with Gasteiger partial charge in [0.1, 0.15) is 5.65 Å². The van der Waals surface area contributed by atoms with Crippen molar-refractivity contribution < 1.29 is 0 Å². The maximum Gasteiger partial charge on any atom is 0.137 e. The molecule has 0 bridgehead atoms. The summed E-state index contributed by atoms with van der Waals surface area (Å²) < 4.78 is 2.06. The Balaban J connectivity index is 2.63. The maximum absolute atomic E-state index is 4.30. The number of aliphatic imine (C=N–C) groups is 1. The molecule has 0 saturated heterocycles. The zero-order chi connectivity index (χ0) is 10.1. The molecule has 0 fully saturated rings. The monoisotopic (exact) mass is 187 g/mol. The molecule has 3 nitrogen and oxygen atoms in total. The summed E-state index contributed by atoms with van der Waals surface area (Å²) >= 11 is 0. The molecule has 0 radical (unpaired) electrons. The second-order valence-corrected chi connectivity index (χ2v) is 3.35. The van der Waals surface area contributed by atoms with Crippen molar-refractivity contribution in [2.24, 2.45) is 4.99 Å². The van der Waals surface area contributed by atoms with Crippen molar-refractivity contribution in [2.75, 3.05) is 7.05 Å². The third-order valence-electron chi connectivity index (χ3n) is 2.45. The molecule has 0 unspecified atom stereocenters. The zero-order valence-corrected chi connectivity index (χ0v) is 8.65. The van der Waals surface area contributed by atoms with Crippen LogP contribution < -0.4 is 0 Å². The normalized spacial score (nSPS) is 12.4. The number of hydrogen-bond donors (Lipinski definition) is 0. The average molecular weight is 187 g/mol. The molecule has 72 valence electrons. The Morgan fingerprint density at radius 2 is 2.29 bits per heavy atom.